The van der Waals surface area contributed by atoms with Gasteiger partial charge in [0, 0.05) is 24.4 Å². The first-order valence-electron chi connectivity index (χ1n) is 8.14. The number of pyridine rings is 1. The molecule has 0 unspecified atom stereocenters. The molecule has 30 heavy (non-hydrogen) atoms. The second-order valence-corrected chi connectivity index (χ2v) is 7.12. The van der Waals surface area contributed by atoms with Crippen LogP contribution in [-0.4, -0.2) is 36.8 Å². The van der Waals surface area contributed by atoms with Crippen LogP contribution in [0.4, 0.5) is 21.9 Å². The average Bonchev–Trinajstić information content (AvgIpc) is 3.05. The number of carboxylic acid groups (broad SMARTS) is 1. The van der Waals surface area contributed by atoms with Crippen LogP contribution in [0.2, 0.25) is 5.02 Å². The molecule has 3 aromatic rings. The molecule has 0 spiro atoms. The maximum absolute atomic E-state index is 13.0. The van der Waals surface area contributed by atoms with Crippen molar-refractivity contribution < 1.29 is 19.6 Å². The summed E-state index contributed by atoms with van der Waals surface area (Å²) in [7, 11) is 0. The zero-order valence-corrected chi connectivity index (χ0v) is 17.4. The number of benzene rings is 1. The molecule has 0 fully saturated rings. The summed E-state index contributed by atoms with van der Waals surface area (Å²) in [5.41, 5.74) is -0.0985. The first kappa shape index (κ1) is 21.2. The number of nitrogens with zero attached hydrogens (tertiary/aromatic N) is 4. The summed E-state index contributed by atoms with van der Waals surface area (Å²) in [6.07, 6.45) is 0.0341. The minimum absolute atomic E-state index is 0.0431. The van der Waals surface area contributed by atoms with Gasteiger partial charge in [0.15, 0.2) is 5.82 Å². The number of aryl methyl sites for hydroxylation is 1. The molecule has 1 aromatic carbocycles. The third kappa shape index (κ3) is 4.39. The lowest BCUT2D eigenvalue weighted by atomic mass is 10.1. The van der Waals surface area contributed by atoms with Crippen molar-refractivity contribution in [3.8, 4) is 5.82 Å². The third-order valence-electron chi connectivity index (χ3n) is 3.86. The summed E-state index contributed by atoms with van der Waals surface area (Å²) in [5, 5.41) is 29.2. The molecule has 2 amide bonds. The highest BCUT2D eigenvalue weighted by atomic mass is 79.9. The molecule has 13 heteroatoms. The molecule has 0 saturated carbocycles. The van der Waals surface area contributed by atoms with Gasteiger partial charge in [-0.3, -0.25) is 20.2 Å². The van der Waals surface area contributed by atoms with E-state index in [4.69, 9.17) is 16.7 Å². The molecule has 11 nitrogen and oxygen atoms in total. The van der Waals surface area contributed by atoms with E-state index < -0.39 is 16.9 Å². The van der Waals surface area contributed by atoms with Gasteiger partial charge in [0.1, 0.15) is 10.3 Å². The number of carbonyl (C=O) groups excluding carboxylic acids is 1. The molecule has 2 aromatic heterocycles. The quantitative estimate of drug-likeness (QED) is 0.353. The largest absolute Gasteiger partial charge is 0.465 e. The van der Waals surface area contributed by atoms with Gasteiger partial charge >= 0.3 is 6.09 Å². The van der Waals surface area contributed by atoms with Crippen LogP contribution in [0.1, 0.15) is 16.1 Å². The Labute approximate surface area is 182 Å². The number of amides is 2. The molecule has 154 valence electrons. The Morgan fingerprint density at radius 3 is 2.67 bits per heavy atom. The lowest BCUT2D eigenvalue weighted by molar-refractivity contribution is -0.384. The Bertz CT molecular complexity index is 1180. The number of carbonyl (C=O) groups is 2. The minimum atomic E-state index is -1.45. The van der Waals surface area contributed by atoms with Crippen molar-refractivity contribution >= 4 is 56.6 Å². The normalized spacial score (nSPS) is 10.5. The molecular weight excluding hydrogens is 484 g/mol. The Morgan fingerprint density at radius 2 is 2.03 bits per heavy atom. The number of non-ortho nitro benzene ring substituents is 1. The molecule has 0 aliphatic rings. The van der Waals surface area contributed by atoms with E-state index in [1.807, 2.05) is 0 Å². The summed E-state index contributed by atoms with van der Waals surface area (Å²) in [6, 6.07) is 6.85. The van der Waals surface area contributed by atoms with Crippen LogP contribution in [-0.2, 0) is 0 Å². The van der Waals surface area contributed by atoms with Crippen molar-refractivity contribution in [2.75, 3.05) is 10.6 Å². The Hall–Kier alpha value is -3.51. The van der Waals surface area contributed by atoms with Crippen LogP contribution in [0, 0.1) is 17.0 Å². The summed E-state index contributed by atoms with van der Waals surface area (Å²) in [6.45, 7) is 1.50. The lowest BCUT2D eigenvalue weighted by Gasteiger charge is -2.14. The molecule has 0 saturated heterocycles. The number of anilines is 2. The third-order valence-corrected chi connectivity index (χ3v) is 4.55. The lowest BCUT2D eigenvalue weighted by Crippen LogP contribution is -2.20. The monoisotopic (exact) mass is 494 g/mol. The van der Waals surface area contributed by atoms with Crippen molar-refractivity contribution in [1.82, 2.24) is 14.8 Å². The average molecular weight is 496 g/mol. The van der Waals surface area contributed by atoms with Gasteiger partial charge < -0.3 is 10.4 Å². The van der Waals surface area contributed by atoms with Gasteiger partial charge in [-0.25, -0.2) is 14.5 Å². The number of hydrogen-bond donors (Lipinski definition) is 3. The van der Waals surface area contributed by atoms with Gasteiger partial charge in [-0.15, -0.1) is 0 Å². The van der Waals surface area contributed by atoms with Gasteiger partial charge in [-0.1, -0.05) is 11.6 Å². The molecule has 0 radical (unpaired) electrons. The number of nitro groups is 1. The van der Waals surface area contributed by atoms with Crippen molar-refractivity contribution in [1.29, 1.82) is 0 Å². The molecule has 0 aliphatic carbocycles. The SMILES string of the molecule is Cc1cc([N+](=O)[O-])cc(NC(=O)O)c1NC(=O)c1cc(Br)nn1-c1ncccc1Cl. The zero-order chi connectivity index (χ0) is 22.0. The van der Waals surface area contributed by atoms with Crippen LogP contribution in [0.3, 0.4) is 0 Å². The van der Waals surface area contributed by atoms with Crippen molar-refractivity contribution in [2.45, 2.75) is 6.92 Å². The molecule has 0 bridgehead atoms. The fraction of sp³-hybridized carbons (Fsp3) is 0.0588. The molecule has 0 aliphatic heterocycles. The van der Waals surface area contributed by atoms with E-state index in [-0.39, 0.29) is 39.2 Å². The number of rotatable bonds is 5. The summed E-state index contributed by atoms with van der Waals surface area (Å²) in [5.74, 6) is -0.459. The maximum Gasteiger partial charge on any atom is 0.409 e. The van der Waals surface area contributed by atoms with Gasteiger partial charge in [-0.05, 0) is 40.5 Å². The molecule has 2 heterocycles. The first-order valence-corrected chi connectivity index (χ1v) is 9.31. The fourth-order valence-electron chi connectivity index (χ4n) is 2.64. The smallest absolute Gasteiger partial charge is 0.409 e. The van der Waals surface area contributed by atoms with Gasteiger partial charge in [0.25, 0.3) is 11.6 Å². The topological polar surface area (TPSA) is 152 Å². The maximum atomic E-state index is 13.0. The summed E-state index contributed by atoms with van der Waals surface area (Å²) in [4.78, 5) is 38.6. The summed E-state index contributed by atoms with van der Waals surface area (Å²) >= 11 is 9.35. The zero-order valence-electron chi connectivity index (χ0n) is 15.1. The Kier molecular flexibility index (Phi) is 5.99. The van der Waals surface area contributed by atoms with E-state index in [1.165, 1.54) is 29.9 Å². The number of aromatic nitrogens is 3. The number of halogens is 2. The number of nitro benzene ring substituents is 1. The number of nitrogens with one attached hydrogen (secondary N) is 2. The molecular formula is C17H12BrClN6O5. The van der Waals surface area contributed by atoms with Crippen LogP contribution in [0.25, 0.3) is 5.82 Å². The van der Waals surface area contributed by atoms with E-state index in [2.05, 4.69) is 36.6 Å². The van der Waals surface area contributed by atoms with E-state index in [0.29, 0.717) is 4.60 Å². The van der Waals surface area contributed by atoms with Crippen LogP contribution >= 0.6 is 27.5 Å². The Balaban J connectivity index is 2.04. The summed E-state index contributed by atoms with van der Waals surface area (Å²) < 4.78 is 1.55. The van der Waals surface area contributed by atoms with Gasteiger partial charge in [0.2, 0.25) is 0 Å². The second-order valence-electron chi connectivity index (χ2n) is 5.90. The highest BCUT2D eigenvalue weighted by Gasteiger charge is 2.22. The predicted octanol–water partition coefficient (Wildman–Crippen LogP) is 4.24. The van der Waals surface area contributed by atoms with Crippen molar-refractivity contribution in [2.24, 2.45) is 0 Å². The van der Waals surface area contributed by atoms with E-state index in [1.54, 1.807) is 12.1 Å². The highest BCUT2D eigenvalue weighted by Crippen LogP contribution is 2.32. The van der Waals surface area contributed by atoms with Crippen LogP contribution in [0.15, 0.2) is 41.1 Å². The van der Waals surface area contributed by atoms with E-state index in [9.17, 15) is 19.7 Å². The van der Waals surface area contributed by atoms with Gasteiger partial charge in [0.05, 0.1) is 21.3 Å². The van der Waals surface area contributed by atoms with Crippen molar-refractivity contribution in [3.63, 3.8) is 0 Å². The van der Waals surface area contributed by atoms with Gasteiger partial charge in [-0.2, -0.15) is 5.10 Å². The van der Waals surface area contributed by atoms with Crippen LogP contribution < -0.4 is 10.6 Å². The van der Waals surface area contributed by atoms with Crippen molar-refractivity contribution in [3.05, 3.63) is 67.5 Å². The molecule has 3 N–H and O–H groups in total. The fourth-order valence-corrected chi connectivity index (χ4v) is 3.22. The second kappa shape index (κ2) is 8.47. The van der Waals surface area contributed by atoms with E-state index >= 15 is 0 Å². The van der Waals surface area contributed by atoms with Crippen LogP contribution in [0.5, 0.6) is 0 Å². The Morgan fingerprint density at radius 1 is 1.30 bits per heavy atom. The molecule has 3 rings (SSSR count). The minimum Gasteiger partial charge on any atom is -0.465 e. The van der Waals surface area contributed by atoms with E-state index in [0.717, 1.165) is 6.07 Å². The molecule has 0 atom stereocenters. The standard InChI is InChI=1S/C17H12BrClN6O5/c1-8-5-9(25(29)30)6-11(21-17(27)28)14(8)22-16(26)12-7-13(18)23-24(12)15-10(19)3-2-4-20-15/h2-7,21H,1H3,(H,22,26)(H,27,28). The predicted molar refractivity (Wildman–Crippen MR) is 112 cm³/mol. The first-order chi connectivity index (χ1) is 14.2. The number of hydrogen-bond acceptors (Lipinski definition) is 6. The highest BCUT2D eigenvalue weighted by molar-refractivity contribution is 9.10.